The Balaban J connectivity index is 1.83. The molecule has 110 valence electrons. The molecule has 0 spiro atoms. The summed E-state index contributed by atoms with van der Waals surface area (Å²) in [6, 6.07) is 11.9. The van der Waals surface area contributed by atoms with Gasteiger partial charge in [-0.15, -0.1) is 0 Å². The van der Waals surface area contributed by atoms with Crippen LogP contribution in [0.4, 0.5) is 0 Å². The average molecular weight is 323 g/mol. The summed E-state index contributed by atoms with van der Waals surface area (Å²) in [6.07, 6.45) is 1.69. The minimum absolute atomic E-state index is 0.0214. The fraction of sp³-hybridized carbons (Fsp3) is 0.250. The third-order valence-electron chi connectivity index (χ3n) is 3.74. The van der Waals surface area contributed by atoms with Gasteiger partial charge in [0.1, 0.15) is 5.75 Å². The van der Waals surface area contributed by atoms with Gasteiger partial charge >= 0.3 is 0 Å². The molecule has 21 heavy (non-hydrogen) atoms. The molecule has 3 N–H and O–H groups in total. The van der Waals surface area contributed by atoms with Crippen molar-refractivity contribution in [2.75, 3.05) is 6.61 Å². The molecule has 2 aromatic carbocycles. The van der Waals surface area contributed by atoms with Crippen molar-refractivity contribution in [1.29, 1.82) is 0 Å². The number of nitrogens with two attached hydrogens (primary N) is 1. The number of hydrogen-bond acceptors (Lipinski definition) is 3. The lowest BCUT2D eigenvalue weighted by molar-refractivity contribution is 0.356. The molecular weight excluding hydrogens is 307 g/mol. The lowest BCUT2D eigenvalue weighted by Crippen LogP contribution is -2.29. The van der Waals surface area contributed by atoms with Crippen LogP contribution >= 0.6 is 23.2 Å². The SMILES string of the molecule is NNC(Cc1ccc(Cl)c(Cl)c1)c1ccc2c(c1)CCO2. The van der Waals surface area contributed by atoms with Crippen LogP contribution in [0.5, 0.6) is 5.75 Å². The van der Waals surface area contributed by atoms with Crippen LogP contribution in [0.3, 0.4) is 0 Å². The van der Waals surface area contributed by atoms with Gasteiger partial charge in [-0.05, 0) is 41.3 Å². The van der Waals surface area contributed by atoms with Crippen molar-refractivity contribution < 1.29 is 4.74 Å². The van der Waals surface area contributed by atoms with E-state index >= 15 is 0 Å². The summed E-state index contributed by atoms with van der Waals surface area (Å²) in [4.78, 5) is 0. The Morgan fingerprint density at radius 2 is 2.00 bits per heavy atom. The molecule has 1 atom stereocenters. The van der Waals surface area contributed by atoms with E-state index in [1.54, 1.807) is 0 Å². The minimum Gasteiger partial charge on any atom is -0.493 e. The molecule has 1 aliphatic rings. The maximum absolute atomic E-state index is 6.06. The van der Waals surface area contributed by atoms with E-state index in [2.05, 4.69) is 11.5 Å². The third kappa shape index (κ3) is 3.16. The Morgan fingerprint density at radius 1 is 1.14 bits per heavy atom. The van der Waals surface area contributed by atoms with Gasteiger partial charge in [-0.3, -0.25) is 11.3 Å². The first-order chi connectivity index (χ1) is 10.2. The quantitative estimate of drug-likeness (QED) is 0.666. The van der Waals surface area contributed by atoms with Crippen LogP contribution in [-0.2, 0) is 12.8 Å². The maximum Gasteiger partial charge on any atom is 0.122 e. The zero-order chi connectivity index (χ0) is 14.8. The molecule has 1 heterocycles. The van der Waals surface area contributed by atoms with Crippen molar-refractivity contribution in [3.05, 3.63) is 63.1 Å². The van der Waals surface area contributed by atoms with Gasteiger partial charge in [0.15, 0.2) is 0 Å². The fourth-order valence-electron chi connectivity index (χ4n) is 2.60. The zero-order valence-electron chi connectivity index (χ0n) is 11.4. The van der Waals surface area contributed by atoms with Crippen LogP contribution in [0.2, 0.25) is 10.0 Å². The normalized spacial score (nSPS) is 14.6. The number of ether oxygens (including phenoxy) is 1. The predicted molar refractivity (Wildman–Crippen MR) is 85.9 cm³/mol. The Hall–Kier alpha value is -1.26. The molecule has 0 fully saturated rings. The number of hydrazine groups is 1. The van der Waals surface area contributed by atoms with Gasteiger partial charge in [0.25, 0.3) is 0 Å². The number of fused-ring (bicyclic) bond motifs is 1. The first kappa shape index (κ1) is 14.7. The van der Waals surface area contributed by atoms with Gasteiger partial charge in [-0.1, -0.05) is 41.4 Å². The van der Waals surface area contributed by atoms with Crippen LogP contribution in [0.15, 0.2) is 36.4 Å². The van der Waals surface area contributed by atoms with Crippen molar-refractivity contribution in [2.24, 2.45) is 5.84 Å². The summed E-state index contributed by atoms with van der Waals surface area (Å²) in [5.74, 6) is 6.70. The van der Waals surface area contributed by atoms with Crippen molar-refractivity contribution in [1.82, 2.24) is 5.43 Å². The van der Waals surface area contributed by atoms with Crippen molar-refractivity contribution in [3.8, 4) is 5.75 Å². The second-order valence-corrected chi connectivity index (χ2v) is 5.95. The van der Waals surface area contributed by atoms with E-state index in [0.717, 1.165) is 36.3 Å². The first-order valence-electron chi connectivity index (χ1n) is 6.83. The molecule has 2 aromatic rings. The lowest BCUT2D eigenvalue weighted by atomic mass is 9.97. The van der Waals surface area contributed by atoms with Crippen LogP contribution in [0.25, 0.3) is 0 Å². The van der Waals surface area contributed by atoms with E-state index in [0.29, 0.717) is 10.0 Å². The third-order valence-corrected chi connectivity index (χ3v) is 4.48. The molecule has 0 saturated heterocycles. The topological polar surface area (TPSA) is 47.3 Å². The molecule has 0 amide bonds. The van der Waals surface area contributed by atoms with E-state index in [1.165, 1.54) is 5.56 Å². The van der Waals surface area contributed by atoms with E-state index in [-0.39, 0.29) is 6.04 Å². The molecule has 1 aliphatic heterocycles. The van der Waals surface area contributed by atoms with Crippen molar-refractivity contribution in [2.45, 2.75) is 18.9 Å². The Kier molecular flexibility index (Phi) is 4.36. The highest BCUT2D eigenvalue weighted by atomic mass is 35.5. The van der Waals surface area contributed by atoms with Gasteiger partial charge in [-0.2, -0.15) is 0 Å². The molecular formula is C16H16Cl2N2O. The zero-order valence-corrected chi connectivity index (χ0v) is 12.9. The molecule has 0 saturated carbocycles. The largest absolute Gasteiger partial charge is 0.493 e. The highest BCUT2D eigenvalue weighted by molar-refractivity contribution is 6.42. The fourth-order valence-corrected chi connectivity index (χ4v) is 2.92. The smallest absolute Gasteiger partial charge is 0.122 e. The molecule has 0 radical (unpaired) electrons. The molecule has 0 aliphatic carbocycles. The first-order valence-corrected chi connectivity index (χ1v) is 7.58. The van der Waals surface area contributed by atoms with Crippen molar-refractivity contribution >= 4 is 23.2 Å². The van der Waals surface area contributed by atoms with E-state index in [1.807, 2.05) is 30.3 Å². The summed E-state index contributed by atoms with van der Waals surface area (Å²) in [6.45, 7) is 0.756. The lowest BCUT2D eigenvalue weighted by Gasteiger charge is -2.17. The Bertz CT molecular complexity index is 661. The number of hydrogen-bond donors (Lipinski definition) is 2. The molecule has 3 nitrogen and oxygen atoms in total. The summed E-state index contributed by atoms with van der Waals surface area (Å²) >= 11 is 12.0. The van der Waals surface area contributed by atoms with Gasteiger partial charge in [-0.25, -0.2) is 0 Å². The van der Waals surface area contributed by atoms with Gasteiger partial charge in [0, 0.05) is 12.5 Å². The van der Waals surface area contributed by atoms with E-state index < -0.39 is 0 Å². The molecule has 0 aromatic heterocycles. The van der Waals surface area contributed by atoms with Crippen molar-refractivity contribution in [3.63, 3.8) is 0 Å². The monoisotopic (exact) mass is 322 g/mol. The van der Waals surface area contributed by atoms with Crippen LogP contribution in [0.1, 0.15) is 22.7 Å². The summed E-state index contributed by atoms with van der Waals surface area (Å²) < 4.78 is 5.53. The minimum atomic E-state index is 0.0214. The number of nitrogens with one attached hydrogen (secondary N) is 1. The van der Waals surface area contributed by atoms with E-state index in [9.17, 15) is 0 Å². The van der Waals surface area contributed by atoms with Gasteiger partial charge < -0.3 is 4.74 Å². The highest BCUT2D eigenvalue weighted by Crippen LogP contribution is 2.30. The van der Waals surface area contributed by atoms with Crippen LogP contribution < -0.4 is 16.0 Å². The number of benzene rings is 2. The highest BCUT2D eigenvalue weighted by Gasteiger charge is 2.17. The average Bonchev–Trinajstić information content (AvgIpc) is 2.95. The van der Waals surface area contributed by atoms with E-state index in [4.69, 9.17) is 33.8 Å². The second-order valence-electron chi connectivity index (χ2n) is 5.14. The second kappa shape index (κ2) is 6.24. The van der Waals surface area contributed by atoms with Gasteiger partial charge in [0.05, 0.1) is 16.7 Å². The van der Waals surface area contributed by atoms with Crippen LogP contribution in [0, 0.1) is 0 Å². The molecule has 1 unspecified atom stereocenters. The maximum atomic E-state index is 6.06. The Morgan fingerprint density at radius 3 is 2.76 bits per heavy atom. The molecule has 0 bridgehead atoms. The predicted octanol–water partition coefficient (Wildman–Crippen LogP) is 3.68. The number of halogens is 2. The summed E-state index contributed by atoms with van der Waals surface area (Å²) in [7, 11) is 0. The standard InChI is InChI=1S/C16H16Cl2N2O/c17-13-3-1-10(7-14(13)18)8-15(20-19)11-2-4-16-12(9-11)5-6-21-16/h1-4,7,9,15,20H,5-6,8,19H2. The molecule has 5 heteroatoms. The molecule has 3 rings (SSSR count). The summed E-state index contributed by atoms with van der Waals surface area (Å²) in [5.41, 5.74) is 6.35. The Labute approximate surface area is 134 Å². The number of rotatable bonds is 4. The van der Waals surface area contributed by atoms with Gasteiger partial charge in [0.2, 0.25) is 0 Å². The summed E-state index contributed by atoms with van der Waals surface area (Å²) in [5, 5.41) is 1.12. The van der Waals surface area contributed by atoms with Crippen LogP contribution in [-0.4, -0.2) is 6.61 Å².